The van der Waals surface area contributed by atoms with E-state index in [1.54, 1.807) is 0 Å². The van der Waals surface area contributed by atoms with Gasteiger partial charge < -0.3 is 5.73 Å². The number of nitrogen functional groups attached to an aromatic ring is 1. The maximum absolute atomic E-state index is 5.89. The number of rotatable bonds is 5. The van der Waals surface area contributed by atoms with Crippen molar-refractivity contribution in [1.82, 2.24) is 24.8 Å². The summed E-state index contributed by atoms with van der Waals surface area (Å²) in [7, 11) is 0. The molecule has 1 aliphatic carbocycles. The molecule has 2 aromatic heterocycles. The Morgan fingerprint density at radius 1 is 1.47 bits per heavy atom. The molecule has 3 rings (SSSR count). The highest BCUT2D eigenvalue weighted by atomic mass is 15.5. The molecule has 0 bridgehead atoms. The summed E-state index contributed by atoms with van der Waals surface area (Å²) in [6, 6.07) is 2.47. The molecule has 0 spiro atoms. The van der Waals surface area contributed by atoms with E-state index in [0.717, 1.165) is 17.8 Å². The van der Waals surface area contributed by atoms with Crippen LogP contribution in [0.4, 0.5) is 5.82 Å². The number of hydrogen-bond acceptors (Lipinski definition) is 4. The second-order valence-corrected chi connectivity index (χ2v) is 5.34. The average Bonchev–Trinajstić information content (AvgIpc) is 3.02. The van der Waals surface area contributed by atoms with E-state index in [2.05, 4.69) is 29.3 Å². The predicted octanol–water partition coefficient (Wildman–Crippen LogP) is 1.95. The van der Waals surface area contributed by atoms with Crippen molar-refractivity contribution >= 4 is 5.82 Å². The van der Waals surface area contributed by atoms with Gasteiger partial charge >= 0.3 is 0 Å². The number of aromatic nitrogens is 5. The first-order valence-electron chi connectivity index (χ1n) is 6.92. The van der Waals surface area contributed by atoms with Gasteiger partial charge in [0.15, 0.2) is 5.82 Å². The molecular weight excluding hydrogens is 240 g/mol. The van der Waals surface area contributed by atoms with Crippen LogP contribution in [0.5, 0.6) is 0 Å². The lowest BCUT2D eigenvalue weighted by Crippen LogP contribution is -2.09. The Hall–Kier alpha value is -1.85. The lowest BCUT2D eigenvalue weighted by Gasteiger charge is -2.08. The molecule has 2 N–H and O–H groups in total. The Morgan fingerprint density at radius 2 is 2.26 bits per heavy atom. The molecule has 1 saturated carbocycles. The van der Waals surface area contributed by atoms with Gasteiger partial charge in [-0.1, -0.05) is 12.1 Å². The highest BCUT2D eigenvalue weighted by molar-refractivity contribution is 5.38. The van der Waals surface area contributed by atoms with E-state index in [1.807, 2.05) is 21.6 Å². The van der Waals surface area contributed by atoms with Gasteiger partial charge in [0.1, 0.15) is 0 Å². The highest BCUT2D eigenvalue weighted by Gasteiger charge is 2.30. The van der Waals surface area contributed by atoms with Crippen LogP contribution in [-0.2, 0) is 6.54 Å². The minimum absolute atomic E-state index is 0.428. The molecule has 2 aromatic rings. The molecule has 19 heavy (non-hydrogen) atoms. The van der Waals surface area contributed by atoms with E-state index >= 15 is 0 Å². The molecule has 0 aromatic carbocycles. The van der Waals surface area contributed by atoms with Crippen molar-refractivity contribution in [2.75, 3.05) is 5.73 Å². The molecule has 1 aliphatic rings. The van der Waals surface area contributed by atoms with Crippen molar-refractivity contribution in [2.45, 2.75) is 51.6 Å². The molecule has 1 atom stereocenters. The fourth-order valence-electron chi connectivity index (χ4n) is 2.27. The number of nitrogens with two attached hydrogens (primary N) is 1. The Bertz CT molecular complexity index is 565. The molecule has 0 saturated heterocycles. The third-order valence-corrected chi connectivity index (χ3v) is 3.78. The molecule has 102 valence electrons. The van der Waals surface area contributed by atoms with Gasteiger partial charge in [0.25, 0.3) is 0 Å². The standard InChI is InChI=1S/C13H20N6/c1-3-9(2)18-7-6-11(16-18)8-19-12(10-4-5-10)13(14)15-17-19/h6-7,9-10H,3-5,8,14H2,1-2H3. The molecule has 6 nitrogen and oxygen atoms in total. The molecule has 6 heteroatoms. The van der Waals surface area contributed by atoms with Crippen molar-refractivity contribution in [2.24, 2.45) is 0 Å². The minimum atomic E-state index is 0.428. The van der Waals surface area contributed by atoms with Crippen LogP contribution in [0.15, 0.2) is 12.3 Å². The van der Waals surface area contributed by atoms with E-state index in [4.69, 9.17) is 5.73 Å². The number of nitrogens with zero attached hydrogens (tertiary/aromatic N) is 5. The fourth-order valence-corrected chi connectivity index (χ4v) is 2.27. The smallest absolute Gasteiger partial charge is 0.169 e. The molecule has 0 aliphatic heterocycles. The lowest BCUT2D eigenvalue weighted by atomic mass is 10.3. The van der Waals surface area contributed by atoms with E-state index < -0.39 is 0 Å². The summed E-state index contributed by atoms with van der Waals surface area (Å²) < 4.78 is 3.91. The summed E-state index contributed by atoms with van der Waals surface area (Å²) >= 11 is 0. The monoisotopic (exact) mass is 260 g/mol. The maximum atomic E-state index is 5.89. The van der Waals surface area contributed by atoms with Gasteiger partial charge in [0, 0.05) is 18.2 Å². The molecule has 1 unspecified atom stereocenters. The van der Waals surface area contributed by atoms with Gasteiger partial charge in [-0.05, 0) is 32.3 Å². The second kappa shape index (κ2) is 4.68. The van der Waals surface area contributed by atoms with Gasteiger partial charge in [-0.3, -0.25) is 4.68 Å². The van der Waals surface area contributed by atoms with Crippen LogP contribution >= 0.6 is 0 Å². The SMILES string of the molecule is CCC(C)n1ccc(Cn2nnc(N)c2C2CC2)n1. The van der Waals surface area contributed by atoms with Crippen LogP contribution in [0.1, 0.15) is 56.5 Å². The largest absolute Gasteiger partial charge is 0.381 e. The molecule has 1 fully saturated rings. The van der Waals surface area contributed by atoms with Crippen LogP contribution in [-0.4, -0.2) is 24.8 Å². The van der Waals surface area contributed by atoms with Crippen molar-refractivity contribution in [3.63, 3.8) is 0 Å². The maximum Gasteiger partial charge on any atom is 0.169 e. The van der Waals surface area contributed by atoms with E-state index in [0.29, 0.717) is 24.3 Å². The van der Waals surface area contributed by atoms with Gasteiger partial charge in [0.2, 0.25) is 0 Å². The molecule has 2 heterocycles. The summed E-state index contributed by atoms with van der Waals surface area (Å²) in [5.41, 5.74) is 7.98. The van der Waals surface area contributed by atoms with Crippen LogP contribution in [0.25, 0.3) is 0 Å². The van der Waals surface area contributed by atoms with E-state index in [-0.39, 0.29) is 0 Å². The normalized spacial score (nSPS) is 16.7. The fraction of sp³-hybridized carbons (Fsp3) is 0.615. The molecular formula is C13H20N6. The Labute approximate surface area is 112 Å². The topological polar surface area (TPSA) is 74.5 Å². The summed E-state index contributed by atoms with van der Waals surface area (Å²) in [6.45, 7) is 4.98. The summed E-state index contributed by atoms with van der Waals surface area (Å²) in [5.74, 6) is 1.12. The van der Waals surface area contributed by atoms with Gasteiger partial charge in [-0.25, -0.2) is 4.68 Å². The Morgan fingerprint density at radius 3 is 2.95 bits per heavy atom. The quantitative estimate of drug-likeness (QED) is 0.891. The zero-order valence-corrected chi connectivity index (χ0v) is 11.5. The summed E-state index contributed by atoms with van der Waals surface area (Å²) in [6.07, 6.45) is 5.49. The zero-order chi connectivity index (χ0) is 13.4. The zero-order valence-electron chi connectivity index (χ0n) is 11.5. The van der Waals surface area contributed by atoms with Crippen LogP contribution < -0.4 is 5.73 Å². The third kappa shape index (κ3) is 2.34. The third-order valence-electron chi connectivity index (χ3n) is 3.78. The van der Waals surface area contributed by atoms with Crippen LogP contribution in [0, 0.1) is 0 Å². The van der Waals surface area contributed by atoms with Crippen molar-refractivity contribution < 1.29 is 0 Å². The van der Waals surface area contributed by atoms with Gasteiger partial charge in [-0.15, -0.1) is 5.10 Å². The van der Waals surface area contributed by atoms with E-state index in [1.165, 1.54) is 12.8 Å². The first kappa shape index (κ1) is 12.2. The van der Waals surface area contributed by atoms with Gasteiger partial charge in [-0.2, -0.15) is 5.10 Å². The molecule has 0 radical (unpaired) electrons. The van der Waals surface area contributed by atoms with E-state index in [9.17, 15) is 0 Å². The van der Waals surface area contributed by atoms with Crippen molar-refractivity contribution in [3.8, 4) is 0 Å². The number of anilines is 1. The average molecular weight is 260 g/mol. The van der Waals surface area contributed by atoms with Crippen LogP contribution in [0.3, 0.4) is 0 Å². The first-order valence-corrected chi connectivity index (χ1v) is 6.92. The number of hydrogen-bond donors (Lipinski definition) is 1. The molecule has 0 amide bonds. The summed E-state index contributed by atoms with van der Waals surface area (Å²) in [4.78, 5) is 0. The highest BCUT2D eigenvalue weighted by Crippen LogP contribution is 2.41. The van der Waals surface area contributed by atoms with Crippen LogP contribution in [0.2, 0.25) is 0 Å². The Kier molecular flexibility index (Phi) is 3.00. The minimum Gasteiger partial charge on any atom is -0.381 e. The first-order chi connectivity index (χ1) is 9.19. The van der Waals surface area contributed by atoms with Crippen molar-refractivity contribution in [3.05, 3.63) is 23.7 Å². The predicted molar refractivity (Wildman–Crippen MR) is 72.7 cm³/mol. The van der Waals surface area contributed by atoms with Crippen molar-refractivity contribution in [1.29, 1.82) is 0 Å². The van der Waals surface area contributed by atoms with Gasteiger partial charge in [0.05, 0.1) is 17.9 Å². The lowest BCUT2D eigenvalue weighted by molar-refractivity contribution is 0.469. The summed E-state index contributed by atoms with van der Waals surface area (Å²) in [5, 5.41) is 12.7. The Balaban J connectivity index is 1.79. The second-order valence-electron chi connectivity index (χ2n) is 5.34.